The van der Waals surface area contributed by atoms with Gasteiger partial charge in [-0.3, -0.25) is 4.79 Å². The van der Waals surface area contributed by atoms with Crippen molar-refractivity contribution < 1.29 is 4.79 Å². The molecule has 3 heterocycles. The van der Waals surface area contributed by atoms with Gasteiger partial charge in [0, 0.05) is 50.0 Å². The lowest BCUT2D eigenvalue weighted by atomic mass is 10.1. The highest BCUT2D eigenvalue weighted by molar-refractivity contribution is 7.13. The number of rotatable bonds is 3. The van der Waals surface area contributed by atoms with Gasteiger partial charge in [-0.05, 0) is 19.4 Å². The quantitative estimate of drug-likeness (QED) is 0.758. The maximum Gasteiger partial charge on any atom is 0.274 e. The molecule has 1 amide bonds. The van der Waals surface area contributed by atoms with E-state index in [2.05, 4.69) is 47.3 Å². The molecule has 1 N–H and O–H groups in total. The van der Waals surface area contributed by atoms with Crippen LogP contribution in [-0.2, 0) is 7.05 Å². The molecule has 2 aromatic heterocycles. The van der Waals surface area contributed by atoms with E-state index >= 15 is 0 Å². The van der Waals surface area contributed by atoms with Crippen LogP contribution in [-0.4, -0.2) is 45.0 Å². The third-order valence-electron chi connectivity index (χ3n) is 5.00. The number of carbonyl (C=O) groups excluding carboxylic acids is 1. The fourth-order valence-corrected chi connectivity index (χ4v) is 4.46. The Morgan fingerprint density at radius 3 is 2.93 bits per heavy atom. The molecule has 140 valence electrons. The molecule has 1 saturated heterocycles. The minimum absolute atomic E-state index is 0.0308. The molecule has 1 aliphatic rings. The fourth-order valence-electron chi connectivity index (χ4n) is 3.57. The first-order valence-electron chi connectivity index (χ1n) is 9.06. The number of aromatic nitrogens is 3. The summed E-state index contributed by atoms with van der Waals surface area (Å²) in [4.78, 5) is 24.2. The lowest BCUT2D eigenvalue weighted by Gasteiger charge is -2.35. The van der Waals surface area contributed by atoms with Crippen molar-refractivity contribution in [1.82, 2.24) is 24.8 Å². The van der Waals surface area contributed by atoms with Gasteiger partial charge in [0.1, 0.15) is 22.6 Å². The summed E-state index contributed by atoms with van der Waals surface area (Å²) in [6.45, 7) is 6.28. The van der Waals surface area contributed by atoms with E-state index < -0.39 is 0 Å². The second kappa shape index (κ2) is 7.25. The first-order chi connectivity index (χ1) is 13.0. The Labute approximate surface area is 162 Å². The van der Waals surface area contributed by atoms with Crippen molar-refractivity contribution in [3.05, 3.63) is 58.6 Å². The summed E-state index contributed by atoms with van der Waals surface area (Å²) < 4.78 is 1.97. The van der Waals surface area contributed by atoms with Gasteiger partial charge >= 0.3 is 0 Å². The molecule has 0 aliphatic carbocycles. The Kier molecular flexibility index (Phi) is 4.80. The van der Waals surface area contributed by atoms with Crippen molar-refractivity contribution in [1.29, 1.82) is 0 Å². The van der Waals surface area contributed by atoms with E-state index in [0.717, 1.165) is 22.9 Å². The van der Waals surface area contributed by atoms with Crippen LogP contribution < -0.4 is 5.32 Å². The van der Waals surface area contributed by atoms with Gasteiger partial charge in [-0.25, -0.2) is 9.97 Å². The van der Waals surface area contributed by atoms with E-state index in [9.17, 15) is 4.79 Å². The fraction of sp³-hybridized carbons (Fsp3) is 0.350. The molecule has 1 aliphatic heterocycles. The molecule has 0 bridgehead atoms. The average molecular weight is 382 g/mol. The number of hydrogen-bond donors (Lipinski definition) is 1. The number of hydrogen-bond acceptors (Lipinski definition) is 5. The summed E-state index contributed by atoms with van der Waals surface area (Å²) in [5.41, 5.74) is 4.00. The molecule has 6 nitrogen and oxygen atoms in total. The summed E-state index contributed by atoms with van der Waals surface area (Å²) in [5, 5.41) is 6.12. The molecule has 27 heavy (non-hydrogen) atoms. The number of benzene rings is 1. The highest BCUT2D eigenvalue weighted by Gasteiger charge is 2.32. The van der Waals surface area contributed by atoms with E-state index in [1.165, 1.54) is 22.5 Å². The Hall–Kier alpha value is -2.51. The number of piperazine rings is 1. The summed E-state index contributed by atoms with van der Waals surface area (Å²) in [5.74, 6) is 0.858. The number of imidazole rings is 1. The summed E-state index contributed by atoms with van der Waals surface area (Å²) in [7, 11) is 1.96. The van der Waals surface area contributed by atoms with E-state index in [-0.39, 0.29) is 11.9 Å². The average Bonchev–Trinajstić information content (AvgIpc) is 3.30. The number of nitrogens with one attached hydrogen (secondary N) is 1. The van der Waals surface area contributed by atoms with Gasteiger partial charge in [0.05, 0.1) is 0 Å². The molecule has 4 rings (SSSR count). The Morgan fingerprint density at radius 2 is 2.19 bits per heavy atom. The lowest BCUT2D eigenvalue weighted by Crippen LogP contribution is -2.49. The molecule has 1 unspecified atom stereocenters. The van der Waals surface area contributed by atoms with Crippen LogP contribution in [0.4, 0.5) is 0 Å². The molecule has 0 spiro atoms. The summed E-state index contributed by atoms with van der Waals surface area (Å²) >= 11 is 1.52. The predicted octanol–water partition coefficient (Wildman–Crippen LogP) is 2.95. The van der Waals surface area contributed by atoms with Gasteiger partial charge < -0.3 is 14.8 Å². The van der Waals surface area contributed by atoms with Crippen molar-refractivity contribution in [2.24, 2.45) is 7.05 Å². The van der Waals surface area contributed by atoms with Crippen molar-refractivity contribution in [3.8, 4) is 10.6 Å². The zero-order chi connectivity index (χ0) is 19.0. The predicted molar refractivity (Wildman–Crippen MR) is 107 cm³/mol. The molecule has 0 saturated carbocycles. The van der Waals surface area contributed by atoms with Crippen LogP contribution >= 0.6 is 11.3 Å². The molecule has 0 radical (unpaired) electrons. The first-order valence-corrected chi connectivity index (χ1v) is 9.94. The summed E-state index contributed by atoms with van der Waals surface area (Å²) in [6, 6.07) is 6.22. The number of thiazole rings is 1. The van der Waals surface area contributed by atoms with Gasteiger partial charge in [-0.2, -0.15) is 0 Å². The maximum absolute atomic E-state index is 13.2. The number of nitrogens with zero attached hydrogens (tertiary/aromatic N) is 4. The third kappa shape index (κ3) is 3.40. The van der Waals surface area contributed by atoms with Crippen molar-refractivity contribution in [3.63, 3.8) is 0 Å². The minimum atomic E-state index is -0.0856. The largest absolute Gasteiger partial charge is 0.336 e. The van der Waals surface area contributed by atoms with Crippen LogP contribution in [0.25, 0.3) is 10.6 Å². The van der Waals surface area contributed by atoms with Gasteiger partial charge in [0.25, 0.3) is 5.91 Å². The monoisotopic (exact) mass is 381 g/mol. The van der Waals surface area contributed by atoms with Gasteiger partial charge in [-0.1, -0.05) is 23.8 Å². The topological polar surface area (TPSA) is 63.1 Å². The minimum Gasteiger partial charge on any atom is -0.336 e. The molecule has 1 atom stereocenters. The normalized spacial score (nSPS) is 17.3. The lowest BCUT2D eigenvalue weighted by molar-refractivity contribution is 0.0615. The molecule has 1 fully saturated rings. The number of carbonyl (C=O) groups is 1. The second-order valence-electron chi connectivity index (χ2n) is 6.97. The number of aryl methyl sites for hydroxylation is 3. The van der Waals surface area contributed by atoms with Gasteiger partial charge in [-0.15, -0.1) is 11.3 Å². The number of amides is 1. The van der Waals surface area contributed by atoms with E-state index in [1.54, 1.807) is 6.20 Å². The van der Waals surface area contributed by atoms with E-state index in [0.29, 0.717) is 18.8 Å². The van der Waals surface area contributed by atoms with Crippen LogP contribution in [0.2, 0.25) is 0 Å². The van der Waals surface area contributed by atoms with Crippen LogP contribution in [0, 0.1) is 13.8 Å². The first kappa shape index (κ1) is 17.9. The van der Waals surface area contributed by atoms with Gasteiger partial charge in [0.15, 0.2) is 0 Å². The van der Waals surface area contributed by atoms with Crippen LogP contribution in [0.15, 0.2) is 36.0 Å². The molecular formula is C20H23N5OS. The van der Waals surface area contributed by atoms with Crippen LogP contribution in [0.3, 0.4) is 0 Å². The van der Waals surface area contributed by atoms with Crippen LogP contribution in [0.5, 0.6) is 0 Å². The molecule has 7 heteroatoms. The summed E-state index contributed by atoms with van der Waals surface area (Å²) in [6.07, 6.45) is 3.68. The Balaban J connectivity index is 1.62. The molecule has 3 aromatic rings. The Morgan fingerprint density at radius 1 is 1.33 bits per heavy atom. The SMILES string of the molecule is Cc1ccc(-c2nc(C(=O)N3CCNCC3c3nccn3C)cs2)c(C)c1. The van der Waals surface area contributed by atoms with E-state index in [1.807, 2.05) is 28.1 Å². The van der Waals surface area contributed by atoms with Crippen molar-refractivity contribution in [2.75, 3.05) is 19.6 Å². The van der Waals surface area contributed by atoms with Crippen molar-refractivity contribution in [2.45, 2.75) is 19.9 Å². The second-order valence-corrected chi connectivity index (χ2v) is 7.83. The smallest absolute Gasteiger partial charge is 0.274 e. The van der Waals surface area contributed by atoms with Gasteiger partial charge in [0.2, 0.25) is 0 Å². The Bertz CT molecular complexity index is 976. The van der Waals surface area contributed by atoms with E-state index in [4.69, 9.17) is 0 Å². The highest BCUT2D eigenvalue weighted by atomic mass is 32.1. The highest BCUT2D eigenvalue weighted by Crippen LogP contribution is 2.29. The zero-order valence-electron chi connectivity index (χ0n) is 15.8. The maximum atomic E-state index is 13.2. The molecular weight excluding hydrogens is 358 g/mol. The molecule has 1 aromatic carbocycles. The zero-order valence-corrected chi connectivity index (χ0v) is 16.6. The van der Waals surface area contributed by atoms with Crippen LogP contribution in [0.1, 0.15) is 33.5 Å². The third-order valence-corrected chi connectivity index (χ3v) is 5.87. The van der Waals surface area contributed by atoms with Crippen molar-refractivity contribution >= 4 is 17.2 Å². The standard InChI is InChI=1S/C20H23N5OS/c1-13-4-5-15(14(2)10-13)19-23-16(12-27-19)20(26)25-9-6-21-11-17(25)18-22-7-8-24(18)3/h4-5,7-8,10,12,17,21H,6,9,11H2,1-3H3.